The average molecular weight is 171 g/mol. The topological polar surface area (TPSA) is 50.9 Å². The third-order valence-corrected chi connectivity index (χ3v) is 1.08. The highest BCUT2D eigenvalue weighted by Gasteiger charge is 1.93. The first-order valence-electron chi connectivity index (χ1n) is 2.86. The van der Waals surface area contributed by atoms with Gasteiger partial charge < -0.3 is 11.1 Å². The number of rotatable bonds is 1. The van der Waals surface area contributed by atoms with Crippen molar-refractivity contribution >= 4 is 23.1 Å². The van der Waals surface area contributed by atoms with E-state index in [-0.39, 0.29) is 5.11 Å². The molecule has 0 saturated heterocycles. The average Bonchev–Trinajstić information content (AvgIpc) is 1.93. The van der Waals surface area contributed by atoms with Crippen molar-refractivity contribution in [3.05, 3.63) is 24.1 Å². The Hall–Kier alpha value is -1.23. The van der Waals surface area contributed by atoms with Crippen LogP contribution < -0.4 is 11.1 Å². The molecule has 58 valence electrons. The standard InChI is InChI=1S/C6H6FN3S/c7-4-1-2-5(9-3-4)10-6(8)11/h1-3H,(H3,8,9,10,11). The molecule has 0 aliphatic heterocycles. The van der Waals surface area contributed by atoms with Crippen molar-refractivity contribution in [2.75, 3.05) is 5.32 Å². The van der Waals surface area contributed by atoms with Gasteiger partial charge in [-0.05, 0) is 24.4 Å². The minimum absolute atomic E-state index is 0.115. The second-order valence-corrected chi connectivity index (χ2v) is 2.29. The van der Waals surface area contributed by atoms with E-state index in [1.165, 1.54) is 12.1 Å². The molecular weight excluding hydrogens is 165 g/mol. The molecule has 1 aromatic heterocycles. The SMILES string of the molecule is NC(=S)Nc1ccc(F)cn1. The predicted molar refractivity (Wildman–Crippen MR) is 44.6 cm³/mol. The maximum atomic E-state index is 12.3. The highest BCUT2D eigenvalue weighted by atomic mass is 32.1. The van der Waals surface area contributed by atoms with Crippen molar-refractivity contribution < 1.29 is 4.39 Å². The van der Waals surface area contributed by atoms with Gasteiger partial charge in [-0.25, -0.2) is 9.37 Å². The van der Waals surface area contributed by atoms with Gasteiger partial charge in [-0.2, -0.15) is 0 Å². The monoisotopic (exact) mass is 171 g/mol. The first-order valence-corrected chi connectivity index (χ1v) is 3.27. The zero-order valence-electron chi connectivity index (χ0n) is 5.54. The Bertz CT molecular complexity index is 259. The van der Waals surface area contributed by atoms with Crippen LogP contribution in [0, 0.1) is 5.82 Å². The molecule has 0 aromatic carbocycles. The molecule has 0 spiro atoms. The number of hydrogen-bond acceptors (Lipinski definition) is 2. The smallest absolute Gasteiger partial charge is 0.169 e. The molecule has 0 aliphatic carbocycles. The van der Waals surface area contributed by atoms with E-state index in [0.29, 0.717) is 5.82 Å². The minimum atomic E-state index is -0.390. The van der Waals surface area contributed by atoms with E-state index in [0.717, 1.165) is 6.20 Å². The molecule has 5 heteroatoms. The highest BCUT2D eigenvalue weighted by Crippen LogP contribution is 2.02. The van der Waals surface area contributed by atoms with E-state index in [1.54, 1.807) is 0 Å². The van der Waals surface area contributed by atoms with Crippen molar-refractivity contribution in [2.24, 2.45) is 5.73 Å². The highest BCUT2D eigenvalue weighted by molar-refractivity contribution is 7.80. The molecule has 0 bridgehead atoms. The van der Waals surface area contributed by atoms with Gasteiger partial charge in [0.05, 0.1) is 6.20 Å². The zero-order valence-corrected chi connectivity index (χ0v) is 6.36. The van der Waals surface area contributed by atoms with E-state index in [9.17, 15) is 4.39 Å². The second kappa shape index (κ2) is 3.25. The molecule has 3 N–H and O–H groups in total. The maximum absolute atomic E-state index is 12.3. The normalized spacial score (nSPS) is 9.18. The van der Waals surface area contributed by atoms with Gasteiger partial charge in [-0.15, -0.1) is 0 Å². The van der Waals surface area contributed by atoms with E-state index >= 15 is 0 Å². The van der Waals surface area contributed by atoms with Crippen LogP contribution in [0.15, 0.2) is 18.3 Å². The molecular formula is C6H6FN3S. The summed E-state index contributed by atoms with van der Waals surface area (Å²) in [6.45, 7) is 0. The minimum Gasteiger partial charge on any atom is -0.376 e. The number of nitrogens with one attached hydrogen (secondary N) is 1. The van der Waals surface area contributed by atoms with Crippen LogP contribution in [0.4, 0.5) is 10.2 Å². The van der Waals surface area contributed by atoms with Crippen LogP contribution in [-0.4, -0.2) is 10.1 Å². The Morgan fingerprint density at radius 3 is 2.82 bits per heavy atom. The number of thiocarbonyl (C=S) groups is 1. The van der Waals surface area contributed by atoms with E-state index in [2.05, 4.69) is 22.5 Å². The summed E-state index contributed by atoms with van der Waals surface area (Å²) in [5.74, 6) is 0.0531. The molecule has 11 heavy (non-hydrogen) atoms. The van der Waals surface area contributed by atoms with Crippen LogP contribution >= 0.6 is 12.2 Å². The molecule has 1 heterocycles. The van der Waals surface area contributed by atoms with Crippen molar-refractivity contribution in [3.63, 3.8) is 0 Å². The summed E-state index contributed by atoms with van der Waals surface area (Å²) < 4.78 is 12.3. The Labute approximate surface area is 68.4 Å². The summed E-state index contributed by atoms with van der Waals surface area (Å²) in [5, 5.41) is 2.68. The molecule has 0 saturated carbocycles. The Morgan fingerprint density at radius 2 is 2.36 bits per heavy atom. The van der Waals surface area contributed by atoms with Gasteiger partial charge >= 0.3 is 0 Å². The number of nitrogens with two attached hydrogens (primary N) is 1. The molecule has 0 fully saturated rings. The lowest BCUT2D eigenvalue weighted by Crippen LogP contribution is -2.19. The summed E-state index contributed by atoms with van der Waals surface area (Å²) in [6.07, 6.45) is 1.08. The van der Waals surface area contributed by atoms with Crippen LogP contribution in [0.5, 0.6) is 0 Å². The van der Waals surface area contributed by atoms with E-state index in [4.69, 9.17) is 5.73 Å². The summed E-state index contributed by atoms with van der Waals surface area (Å²) >= 11 is 4.54. The fourth-order valence-corrected chi connectivity index (χ4v) is 0.681. The van der Waals surface area contributed by atoms with Crippen LogP contribution in [0.25, 0.3) is 0 Å². The summed E-state index contributed by atoms with van der Waals surface area (Å²) in [6, 6.07) is 2.72. The molecule has 0 radical (unpaired) electrons. The van der Waals surface area contributed by atoms with Gasteiger partial charge in [0.15, 0.2) is 5.11 Å². The van der Waals surface area contributed by atoms with E-state index in [1.807, 2.05) is 0 Å². The van der Waals surface area contributed by atoms with Crippen molar-refractivity contribution in [3.8, 4) is 0 Å². The molecule has 0 amide bonds. The Balaban J connectivity index is 2.74. The van der Waals surface area contributed by atoms with Gasteiger partial charge in [0.25, 0.3) is 0 Å². The number of anilines is 1. The molecule has 0 atom stereocenters. The number of pyridine rings is 1. The largest absolute Gasteiger partial charge is 0.376 e. The Morgan fingerprint density at radius 1 is 1.64 bits per heavy atom. The predicted octanol–water partition coefficient (Wildman–Crippen LogP) is 0.876. The first-order chi connectivity index (χ1) is 5.18. The maximum Gasteiger partial charge on any atom is 0.169 e. The van der Waals surface area contributed by atoms with E-state index < -0.39 is 5.82 Å². The third kappa shape index (κ3) is 2.46. The molecule has 1 aromatic rings. The van der Waals surface area contributed by atoms with Gasteiger partial charge in [0.1, 0.15) is 11.6 Å². The van der Waals surface area contributed by atoms with Crippen LogP contribution in [0.3, 0.4) is 0 Å². The number of aromatic nitrogens is 1. The van der Waals surface area contributed by atoms with Crippen molar-refractivity contribution in [1.82, 2.24) is 4.98 Å². The van der Waals surface area contributed by atoms with Gasteiger partial charge in [0.2, 0.25) is 0 Å². The fourth-order valence-electron chi connectivity index (χ4n) is 0.576. The fraction of sp³-hybridized carbons (Fsp3) is 0. The van der Waals surface area contributed by atoms with Crippen LogP contribution in [-0.2, 0) is 0 Å². The second-order valence-electron chi connectivity index (χ2n) is 1.85. The van der Waals surface area contributed by atoms with Crippen molar-refractivity contribution in [2.45, 2.75) is 0 Å². The quantitative estimate of drug-likeness (QED) is 0.616. The number of hydrogen-bond donors (Lipinski definition) is 2. The van der Waals surface area contributed by atoms with Gasteiger partial charge in [-0.1, -0.05) is 0 Å². The molecule has 3 nitrogen and oxygen atoms in total. The number of nitrogens with zero attached hydrogens (tertiary/aromatic N) is 1. The lowest BCUT2D eigenvalue weighted by molar-refractivity contribution is 0.622. The van der Waals surface area contributed by atoms with Crippen LogP contribution in [0.1, 0.15) is 0 Å². The Kier molecular flexibility index (Phi) is 2.32. The third-order valence-electron chi connectivity index (χ3n) is 0.979. The number of halogens is 1. The lowest BCUT2D eigenvalue weighted by atomic mass is 10.4. The molecule has 0 unspecified atom stereocenters. The van der Waals surface area contributed by atoms with Crippen molar-refractivity contribution in [1.29, 1.82) is 0 Å². The summed E-state index contributed by atoms with van der Waals surface area (Å²) in [5.41, 5.74) is 5.15. The molecule has 1 rings (SSSR count). The van der Waals surface area contributed by atoms with Crippen LogP contribution in [0.2, 0.25) is 0 Å². The first kappa shape index (κ1) is 7.87. The lowest BCUT2D eigenvalue weighted by Gasteiger charge is -2.00. The summed E-state index contributed by atoms with van der Waals surface area (Å²) in [4.78, 5) is 3.66. The zero-order chi connectivity index (χ0) is 8.27. The summed E-state index contributed by atoms with van der Waals surface area (Å²) in [7, 11) is 0. The molecule has 0 aliphatic rings. The van der Waals surface area contributed by atoms with Gasteiger partial charge in [0, 0.05) is 0 Å². The van der Waals surface area contributed by atoms with Gasteiger partial charge in [-0.3, -0.25) is 0 Å².